The number of nitrogens with one attached hydrogen (secondary N) is 1. The first-order valence-corrected chi connectivity index (χ1v) is 4.61. The van der Waals surface area contributed by atoms with Crippen LogP contribution in [0.1, 0.15) is 5.56 Å². The summed E-state index contributed by atoms with van der Waals surface area (Å²) in [6, 6.07) is 3.88. The number of benzene rings is 1. The standard InChI is InChI=1S/C8H7IN2O/c9-6-2-8-7(10-4-11-8)1-5(6)3-12/h1-2,4,12H,3H2,(H,10,11). The van der Waals surface area contributed by atoms with Crippen LogP contribution in [0.4, 0.5) is 0 Å². The Bertz CT molecular complexity index is 410. The molecule has 1 aromatic carbocycles. The third-order valence-corrected chi connectivity index (χ3v) is 2.76. The van der Waals surface area contributed by atoms with Crippen LogP contribution < -0.4 is 0 Å². The number of halogens is 1. The molecule has 2 rings (SSSR count). The van der Waals surface area contributed by atoms with Gasteiger partial charge in [0.25, 0.3) is 0 Å². The van der Waals surface area contributed by atoms with Gasteiger partial charge >= 0.3 is 0 Å². The van der Waals surface area contributed by atoms with Crippen molar-refractivity contribution in [2.75, 3.05) is 0 Å². The number of aliphatic hydroxyl groups is 1. The number of rotatable bonds is 1. The molecule has 2 N–H and O–H groups in total. The molecule has 0 atom stereocenters. The van der Waals surface area contributed by atoms with Crippen LogP contribution in [0, 0.1) is 3.57 Å². The van der Waals surface area contributed by atoms with Gasteiger partial charge in [-0.2, -0.15) is 0 Å². The summed E-state index contributed by atoms with van der Waals surface area (Å²) in [5.74, 6) is 0. The van der Waals surface area contributed by atoms with Crippen molar-refractivity contribution < 1.29 is 5.11 Å². The third-order valence-electron chi connectivity index (χ3n) is 1.76. The van der Waals surface area contributed by atoms with Crippen LogP contribution in [0.15, 0.2) is 18.5 Å². The minimum Gasteiger partial charge on any atom is -0.392 e. The number of imidazole rings is 1. The molecule has 0 aliphatic heterocycles. The quantitative estimate of drug-likeness (QED) is 0.777. The number of aromatic nitrogens is 2. The minimum atomic E-state index is 0.0766. The van der Waals surface area contributed by atoms with Crippen molar-refractivity contribution in [1.82, 2.24) is 9.97 Å². The summed E-state index contributed by atoms with van der Waals surface area (Å²) in [6.07, 6.45) is 1.65. The molecule has 0 saturated heterocycles. The summed E-state index contributed by atoms with van der Waals surface area (Å²) in [5, 5.41) is 8.98. The van der Waals surface area contributed by atoms with E-state index in [1.165, 1.54) is 0 Å². The second-order valence-corrected chi connectivity index (χ2v) is 3.68. The maximum Gasteiger partial charge on any atom is 0.0931 e. The molecule has 2 aromatic rings. The topological polar surface area (TPSA) is 48.9 Å². The van der Waals surface area contributed by atoms with Gasteiger partial charge < -0.3 is 10.1 Å². The zero-order valence-electron chi connectivity index (χ0n) is 6.21. The van der Waals surface area contributed by atoms with Gasteiger partial charge in [-0.1, -0.05) is 0 Å². The Hall–Kier alpha value is -0.620. The van der Waals surface area contributed by atoms with E-state index < -0.39 is 0 Å². The Balaban J connectivity index is 2.73. The predicted octanol–water partition coefficient (Wildman–Crippen LogP) is 1.66. The predicted molar refractivity (Wildman–Crippen MR) is 54.7 cm³/mol. The number of fused-ring (bicyclic) bond motifs is 1. The molecular formula is C8H7IN2O. The Morgan fingerprint density at radius 1 is 1.50 bits per heavy atom. The zero-order chi connectivity index (χ0) is 8.55. The Morgan fingerprint density at radius 3 is 3.08 bits per heavy atom. The first-order valence-electron chi connectivity index (χ1n) is 3.53. The monoisotopic (exact) mass is 274 g/mol. The van der Waals surface area contributed by atoms with Gasteiger partial charge in [0, 0.05) is 3.57 Å². The lowest BCUT2D eigenvalue weighted by molar-refractivity contribution is 0.281. The van der Waals surface area contributed by atoms with Gasteiger partial charge in [0.15, 0.2) is 0 Å². The van der Waals surface area contributed by atoms with Gasteiger partial charge in [0.2, 0.25) is 0 Å². The van der Waals surface area contributed by atoms with E-state index in [9.17, 15) is 0 Å². The summed E-state index contributed by atoms with van der Waals surface area (Å²) in [4.78, 5) is 7.11. The van der Waals surface area contributed by atoms with Crippen molar-refractivity contribution in [2.45, 2.75) is 6.61 Å². The van der Waals surface area contributed by atoms with Crippen molar-refractivity contribution in [3.8, 4) is 0 Å². The Morgan fingerprint density at radius 2 is 2.33 bits per heavy atom. The van der Waals surface area contributed by atoms with E-state index in [4.69, 9.17) is 5.11 Å². The molecular weight excluding hydrogens is 267 g/mol. The fraction of sp³-hybridized carbons (Fsp3) is 0.125. The Labute approximate surface area is 83.0 Å². The average molecular weight is 274 g/mol. The van der Waals surface area contributed by atoms with E-state index in [0.29, 0.717) is 0 Å². The first kappa shape index (κ1) is 8.00. The molecule has 0 bridgehead atoms. The van der Waals surface area contributed by atoms with Crippen LogP contribution >= 0.6 is 22.6 Å². The van der Waals surface area contributed by atoms with Gasteiger partial charge in [-0.05, 0) is 40.3 Å². The zero-order valence-corrected chi connectivity index (χ0v) is 8.37. The molecule has 4 heteroatoms. The van der Waals surface area contributed by atoms with E-state index in [0.717, 1.165) is 20.2 Å². The van der Waals surface area contributed by atoms with Gasteiger partial charge in [-0.3, -0.25) is 0 Å². The first-order chi connectivity index (χ1) is 5.81. The molecule has 0 radical (unpaired) electrons. The average Bonchev–Trinajstić information content (AvgIpc) is 2.49. The maximum atomic E-state index is 8.98. The lowest BCUT2D eigenvalue weighted by Crippen LogP contribution is -1.87. The van der Waals surface area contributed by atoms with Gasteiger partial charge in [-0.15, -0.1) is 0 Å². The van der Waals surface area contributed by atoms with Gasteiger partial charge in [0.05, 0.1) is 24.0 Å². The largest absolute Gasteiger partial charge is 0.392 e. The number of aliphatic hydroxyl groups excluding tert-OH is 1. The SMILES string of the molecule is OCc1cc2[nH]cnc2cc1I. The fourth-order valence-corrected chi connectivity index (χ4v) is 1.74. The summed E-state index contributed by atoms with van der Waals surface area (Å²) in [6.45, 7) is 0.0766. The van der Waals surface area contributed by atoms with E-state index in [1.54, 1.807) is 6.33 Å². The fourth-order valence-electron chi connectivity index (χ4n) is 1.12. The molecule has 1 aromatic heterocycles. The number of nitrogens with zero attached hydrogens (tertiary/aromatic N) is 1. The van der Waals surface area contributed by atoms with Gasteiger partial charge in [0.1, 0.15) is 0 Å². The molecule has 62 valence electrons. The molecule has 1 heterocycles. The molecule has 0 aliphatic rings. The van der Waals surface area contributed by atoms with E-state index in [1.807, 2.05) is 12.1 Å². The van der Waals surface area contributed by atoms with Crippen molar-refractivity contribution >= 4 is 33.6 Å². The summed E-state index contributed by atoms with van der Waals surface area (Å²) >= 11 is 2.19. The molecule has 0 saturated carbocycles. The van der Waals surface area contributed by atoms with Crippen molar-refractivity contribution in [1.29, 1.82) is 0 Å². The highest BCUT2D eigenvalue weighted by Crippen LogP contribution is 2.18. The number of hydrogen-bond acceptors (Lipinski definition) is 2. The maximum absolute atomic E-state index is 8.98. The smallest absolute Gasteiger partial charge is 0.0931 e. The normalized spacial score (nSPS) is 10.8. The molecule has 12 heavy (non-hydrogen) atoms. The van der Waals surface area contributed by atoms with Crippen molar-refractivity contribution in [3.05, 3.63) is 27.6 Å². The highest BCUT2D eigenvalue weighted by Gasteiger charge is 2.02. The molecule has 3 nitrogen and oxygen atoms in total. The highest BCUT2D eigenvalue weighted by atomic mass is 127. The lowest BCUT2D eigenvalue weighted by Gasteiger charge is -1.99. The summed E-state index contributed by atoms with van der Waals surface area (Å²) in [5.41, 5.74) is 2.85. The van der Waals surface area contributed by atoms with Crippen LogP contribution in [0.5, 0.6) is 0 Å². The second-order valence-electron chi connectivity index (χ2n) is 2.52. The van der Waals surface area contributed by atoms with Crippen molar-refractivity contribution in [2.24, 2.45) is 0 Å². The van der Waals surface area contributed by atoms with Crippen LogP contribution in [0.3, 0.4) is 0 Å². The lowest BCUT2D eigenvalue weighted by atomic mass is 10.2. The van der Waals surface area contributed by atoms with Crippen molar-refractivity contribution in [3.63, 3.8) is 0 Å². The second kappa shape index (κ2) is 3.02. The van der Waals surface area contributed by atoms with Crippen LogP contribution in [-0.2, 0) is 6.61 Å². The summed E-state index contributed by atoms with van der Waals surface area (Å²) in [7, 11) is 0. The third kappa shape index (κ3) is 1.21. The number of hydrogen-bond donors (Lipinski definition) is 2. The molecule has 0 amide bonds. The van der Waals surface area contributed by atoms with E-state index in [-0.39, 0.29) is 6.61 Å². The molecule has 0 unspecified atom stereocenters. The van der Waals surface area contributed by atoms with Crippen LogP contribution in [-0.4, -0.2) is 15.1 Å². The van der Waals surface area contributed by atoms with Crippen LogP contribution in [0.25, 0.3) is 11.0 Å². The summed E-state index contributed by atoms with van der Waals surface area (Å²) < 4.78 is 1.05. The van der Waals surface area contributed by atoms with E-state index in [2.05, 4.69) is 32.6 Å². The molecule has 0 aliphatic carbocycles. The molecule has 0 fully saturated rings. The van der Waals surface area contributed by atoms with Crippen LogP contribution in [0.2, 0.25) is 0 Å². The number of aromatic amines is 1. The minimum absolute atomic E-state index is 0.0766. The van der Waals surface area contributed by atoms with E-state index >= 15 is 0 Å². The Kier molecular flexibility index (Phi) is 2.02. The number of H-pyrrole nitrogens is 1. The van der Waals surface area contributed by atoms with Gasteiger partial charge in [-0.25, -0.2) is 4.98 Å². The highest BCUT2D eigenvalue weighted by molar-refractivity contribution is 14.1. The molecule has 0 spiro atoms.